The number of esters is 2. The smallest absolute Gasteiger partial charge is 0.306 e. The highest BCUT2D eigenvalue weighted by atomic mass is 16.6. The van der Waals surface area contributed by atoms with Crippen LogP contribution >= 0.6 is 0 Å². The SMILES string of the molecule is CC/C=C\C/C=C\C/C=C\C/C=C\CCCCCCCCCCCCCCCCCCCCCCCCCCCCCCC(=O)OC(CO)COC(=O)CCCCCCCCCCCCCCCCCCCCCCCCCCCCC. The molecule has 5 nitrogen and oxygen atoms in total. The van der Waals surface area contributed by atoms with Crippen LogP contribution in [0.2, 0.25) is 0 Å². The van der Waals surface area contributed by atoms with E-state index in [1.807, 2.05) is 0 Å². The van der Waals surface area contributed by atoms with Gasteiger partial charge >= 0.3 is 11.9 Å². The summed E-state index contributed by atoms with van der Waals surface area (Å²) in [6, 6.07) is 0. The molecule has 1 unspecified atom stereocenters. The summed E-state index contributed by atoms with van der Waals surface area (Å²) in [5.74, 6) is -0.562. The van der Waals surface area contributed by atoms with E-state index in [9.17, 15) is 14.7 Å². The van der Waals surface area contributed by atoms with Crippen LogP contribution in [0.5, 0.6) is 0 Å². The minimum absolute atomic E-state index is 0.0578. The van der Waals surface area contributed by atoms with E-state index >= 15 is 0 Å². The second kappa shape index (κ2) is 73.1. The van der Waals surface area contributed by atoms with Gasteiger partial charge in [-0.15, -0.1) is 0 Å². The monoisotopic (exact) mass is 1150 g/mol. The Balaban J connectivity index is 3.36. The molecule has 0 aromatic carbocycles. The van der Waals surface area contributed by atoms with Crippen LogP contribution in [0.25, 0.3) is 0 Å². The second-order valence-corrected chi connectivity index (χ2v) is 25.4. The van der Waals surface area contributed by atoms with Crippen molar-refractivity contribution in [3.63, 3.8) is 0 Å². The van der Waals surface area contributed by atoms with Gasteiger partial charge in [0.15, 0.2) is 6.10 Å². The number of hydrogen-bond donors (Lipinski definition) is 1. The Morgan fingerprint density at radius 1 is 0.293 bits per heavy atom. The maximum absolute atomic E-state index is 12.4. The fourth-order valence-electron chi connectivity index (χ4n) is 11.6. The Kier molecular flexibility index (Phi) is 71.2. The van der Waals surface area contributed by atoms with Crippen LogP contribution in [0, 0.1) is 0 Å². The number of aliphatic hydroxyl groups excluding tert-OH is 1. The van der Waals surface area contributed by atoms with Crippen molar-refractivity contribution >= 4 is 11.9 Å². The molecule has 0 saturated heterocycles. The predicted octanol–water partition coefficient (Wildman–Crippen LogP) is 25.9. The van der Waals surface area contributed by atoms with Gasteiger partial charge in [-0.1, -0.05) is 396 Å². The Morgan fingerprint density at radius 2 is 0.524 bits per heavy atom. The zero-order chi connectivity index (χ0) is 59.1. The Hall–Kier alpha value is -2.14. The van der Waals surface area contributed by atoms with Gasteiger partial charge in [-0.2, -0.15) is 0 Å². The van der Waals surface area contributed by atoms with Crippen LogP contribution in [0.3, 0.4) is 0 Å². The first-order valence-corrected chi connectivity index (χ1v) is 37.2. The molecule has 0 rings (SSSR count). The molecule has 5 heteroatoms. The fraction of sp³-hybridized carbons (Fsp3) is 0.870. The maximum atomic E-state index is 12.4. The molecule has 82 heavy (non-hydrogen) atoms. The van der Waals surface area contributed by atoms with Crippen LogP contribution in [0.4, 0.5) is 0 Å². The first-order chi connectivity index (χ1) is 40.6. The quantitative estimate of drug-likeness (QED) is 0.0373. The van der Waals surface area contributed by atoms with Crippen molar-refractivity contribution in [2.24, 2.45) is 0 Å². The van der Waals surface area contributed by atoms with Gasteiger partial charge in [-0.3, -0.25) is 9.59 Å². The molecule has 0 fully saturated rings. The minimum Gasteiger partial charge on any atom is -0.462 e. The van der Waals surface area contributed by atoms with Gasteiger partial charge in [-0.25, -0.2) is 0 Å². The topological polar surface area (TPSA) is 72.8 Å². The average molecular weight is 1150 g/mol. The summed E-state index contributed by atoms with van der Waals surface area (Å²) in [5.41, 5.74) is 0. The van der Waals surface area contributed by atoms with Crippen LogP contribution in [0.1, 0.15) is 412 Å². The minimum atomic E-state index is -0.769. The normalized spacial score (nSPS) is 12.4. The molecule has 0 aromatic rings. The maximum Gasteiger partial charge on any atom is 0.306 e. The van der Waals surface area contributed by atoms with E-state index in [1.165, 1.54) is 327 Å². The van der Waals surface area contributed by atoms with E-state index in [0.717, 1.165) is 57.8 Å². The standard InChI is InChI=1S/C77H144O5/c1-3-5-7-9-11-13-15-17-19-21-23-25-27-29-31-32-33-34-35-36-37-38-39-40-41-42-43-44-46-48-50-52-54-56-58-60-62-64-66-68-70-72-77(80)82-75(73-78)74-81-76(79)71-69-67-65-63-61-59-57-55-53-51-49-47-45-30-28-26-24-22-20-18-16-14-12-10-8-6-4-2/h5,7,11,13,17,19,23,25,75,78H,3-4,6,8-10,12,14-16,18,20-22,24,26-74H2,1-2H3/b7-5-,13-11-,19-17-,25-23-. The van der Waals surface area contributed by atoms with Crippen LogP contribution in [-0.4, -0.2) is 36.4 Å². The lowest BCUT2D eigenvalue weighted by Gasteiger charge is -2.15. The fourth-order valence-corrected chi connectivity index (χ4v) is 11.6. The van der Waals surface area contributed by atoms with Gasteiger partial charge in [0, 0.05) is 12.8 Å². The summed E-state index contributed by atoms with van der Waals surface area (Å²) in [5, 5.41) is 9.71. The molecule has 0 saturated carbocycles. The highest BCUT2D eigenvalue weighted by Gasteiger charge is 2.16. The Morgan fingerprint density at radius 3 is 0.793 bits per heavy atom. The molecule has 0 radical (unpaired) electrons. The van der Waals surface area contributed by atoms with Gasteiger partial charge in [0.05, 0.1) is 6.61 Å². The first-order valence-electron chi connectivity index (χ1n) is 37.2. The third-order valence-corrected chi connectivity index (χ3v) is 17.1. The Bertz CT molecular complexity index is 1350. The van der Waals surface area contributed by atoms with Crippen molar-refractivity contribution in [2.45, 2.75) is 418 Å². The number of hydrogen-bond acceptors (Lipinski definition) is 5. The van der Waals surface area contributed by atoms with Crippen LogP contribution in [0.15, 0.2) is 48.6 Å². The number of carbonyl (C=O) groups is 2. The number of carbonyl (C=O) groups excluding carboxylic acids is 2. The highest BCUT2D eigenvalue weighted by molar-refractivity contribution is 5.70. The van der Waals surface area contributed by atoms with E-state index in [0.29, 0.717) is 12.8 Å². The largest absolute Gasteiger partial charge is 0.462 e. The molecule has 1 N–H and O–H groups in total. The van der Waals surface area contributed by atoms with E-state index in [1.54, 1.807) is 0 Å². The predicted molar refractivity (Wildman–Crippen MR) is 362 cm³/mol. The summed E-state index contributed by atoms with van der Waals surface area (Å²) in [6.45, 7) is 4.10. The number of rotatable bonds is 70. The summed E-state index contributed by atoms with van der Waals surface area (Å²) in [7, 11) is 0. The zero-order valence-corrected chi connectivity index (χ0v) is 55.5. The molecule has 482 valence electrons. The molecular formula is C77H144O5. The lowest BCUT2D eigenvalue weighted by molar-refractivity contribution is -0.161. The lowest BCUT2D eigenvalue weighted by Crippen LogP contribution is -2.28. The second-order valence-electron chi connectivity index (χ2n) is 25.4. The number of aliphatic hydroxyl groups is 1. The Labute approximate surface area is 513 Å². The average Bonchev–Trinajstić information content (AvgIpc) is 3.49. The van der Waals surface area contributed by atoms with E-state index < -0.39 is 6.10 Å². The molecule has 0 spiro atoms. The summed E-state index contributed by atoms with van der Waals surface area (Å²) >= 11 is 0. The molecule has 0 aromatic heterocycles. The zero-order valence-electron chi connectivity index (χ0n) is 55.5. The van der Waals surface area contributed by atoms with E-state index in [2.05, 4.69) is 62.5 Å². The summed E-state index contributed by atoms with van der Waals surface area (Å²) in [6.07, 6.45) is 99.0. The van der Waals surface area contributed by atoms with Crippen molar-refractivity contribution in [3.05, 3.63) is 48.6 Å². The molecular weight excluding hydrogens is 1000 g/mol. The van der Waals surface area contributed by atoms with Crippen molar-refractivity contribution in [3.8, 4) is 0 Å². The van der Waals surface area contributed by atoms with Crippen LogP contribution in [-0.2, 0) is 19.1 Å². The van der Waals surface area contributed by atoms with Crippen LogP contribution < -0.4 is 0 Å². The molecule has 0 heterocycles. The summed E-state index contributed by atoms with van der Waals surface area (Å²) < 4.78 is 10.8. The van der Waals surface area contributed by atoms with Crippen molar-refractivity contribution in [1.29, 1.82) is 0 Å². The third-order valence-electron chi connectivity index (χ3n) is 17.1. The first kappa shape index (κ1) is 79.9. The number of unbranched alkanes of at least 4 members (excludes halogenated alkanes) is 54. The van der Waals surface area contributed by atoms with Crippen molar-refractivity contribution in [2.75, 3.05) is 13.2 Å². The third kappa shape index (κ3) is 70.3. The summed E-state index contributed by atoms with van der Waals surface area (Å²) in [4.78, 5) is 24.7. The van der Waals surface area contributed by atoms with Crippen molar-refractivity contribution in [1.82, 2.24) is 0 Å². The van der Waals surface area contributed by atoms with Crippen molar-refractivity contribution < 1.29 is 24.2 Å². The molecule has 0 bridgehead atoms. The van der Waals surface area contributed by atoms with E-state index in [-0.39, 0.29) is 25.2 Å². The lowest BCUT2D eigenvalue weighted by atomic mass is 10.0. The molecule has 0 aliphatic rings. The molecule has 1 atom stereocenters. The molecule has 0 amide bonds. The van der Waals surface area contributed by atoms with E-state index in [4.69, 9.17) is 9.47 Å². The van der Waals surface area contributed by atoms with Gasteiger partial charge in [0.2, 0.25) is 0 Å². The van der Waals surface area contributed by atoms with Gasteiger partial charge in [0.25, 0.3) is 0 Å². The van der Waals surface area contributed by atoms with Gasteiger partial charge in [0.1, 0.15) is 6.61 Å². The molecule has 0 aliphatic carbocycles. The molecule has 0 aliphatic heterocycles. The highest BCUT2D eigenvalue weighted by Crippen LogP contribution is 2.20. The number of allylic oxidation sites excluding steroid dienone is 8. The van der Waals surface area contributed by atoms with Gasteiger partial charge < -0.3 is 14.6 Å². The van der Waals surface area contributed by atoms with Gasteiger partial charge in [-0.05, 0) is 51.4 Å². The number of ether oxygens (including phenoxy) is 2.